The quantitative estimate of drug-likeness (QED) is 0.215. The fourth-order valence-electron chi connectivity index (χ4n) is 1.93. The highest BCUT2D eigenvalue weighted by atomic mass is 16.6. The summed E-state index contributed by atoms with van der Waals surface area (Å²) in [5.74, 6) is 5.68. The van der Waals surface area contributed by atoms with Crippen LogP contribution in [0.15, 0.2) is 24.3 Å². The first kappa shape index (κ1) is 19.7. The molecule has 0 spiro atoms. The second kappa shape index (κ2) is 12.1. The van der Waals surface area contributed by atoms with Gasteiger partial charge in [-0.25, -0.2) is 0 Å². The zero-order valence-corrected chi connectivity index (χ0v) is 14.0. The average molecular weight is 333 g/mol. The summed E-state index contributed by atoms with van der Waals surface area (Å²) < 4.78 is 10.3. The van der Waals surface area contributed by atoms with Crippen molar-refractivity contribution in [2.24, 2.45) is 0 Å². The van der Waals surface area contributed by atoms with Crippen LogP contribution in [0, 0.1) is 22.0 Å². The predicted molar refractivity (Wildman–Crippen MR) is 90.5 cm³/mol. The first-order chi connectivity index (χ1) is 11.6. The van der Waals surface area contributed by atoms with Crippen LogP contribution in [0.2, 0.25) is 0 Å². The number of rotatable bonds is 10. The molecule has 0 N–H and O–H groups in total. The number of hydrogen-bond donors (Lipinski definition) is 0. The lowest BCUT2D eigenvalue weighted by Crippen LogP contribution is -2.01. The SMILES string of the molecule is CC(=O)OCCCCCOCCCC#Cc1cccc([N+](=O)[O-])c1. The molecule has 0 bridgehead atoms. The van der Waals surface area contributed by atoms with E-state index in [1.807, 2.05) is 0 Å². The smallest absolute Gasteiger partial charge is 0.302 e. The molecule has 1 rings (SSSR count). The summed E-state index contributed by atoms with van der Waals surface area (Å²) >= 11 is 0. The van der Waals surface area contributed by atoms with Crippen LogP contribution in [0.4, 0.5) is 5.69 Å². The van der Waals surface area contributed by atoms with Gasteiger partial charge >= 0.3 is 5.97 Å². The number of nitro groups is 1. The van der Waals surface area contributed by atoms with E-state index in [2.05, 4.69) is 11.8 Å². The minimum atomic E-state index is -0.425. The molecule has 0 saturated carbocycles. The number of nitrogens with zero attached hydrogens (tertiary/aromatic N) is 1. The number of carbonyl (C=O) groups is 1. The second-order valence-electron chi connectivity index (χ2n) is 5.23. The fraction of sp³-hybridized carbons (Fsp3) is 0.500. The van der Waals surface area contributed by atoms with E-state index in [1.165, 1.54) is 19.1 Å². The number of unbranched alkanes of at least 4 members (excludes halogenated alkanes) is 3. The zero-order chi connectivity index (χ0) is 17.6. The largest absolute Gasteiger partial charge is 0.466 e. The molecular weight excluding hydrogens is 310 g/mol. The molecule has 0 aromatic heterocycles. The molecule has 0 amide bonds. The summed E-state index contributed by atoms with van der Waals surface area (Å²) in [7, 11) is 0. The normalized spacial score (nSPS) is 9.88. The molecule has 6 nitrogen and oxygen atoms in total. The molecule has 0 aliphatic rings. The van der Waals surface area contributed by atoms with Crippen LogP contribution in [0.1, 0.15) is 44.6 Å². The molecule has 130 valence electrons. The van der Waals surface area contributed by atoms with Crippen molar-refractivity contribution in [2.45, 2.75) is 39.0 Å². The Kier molecular flexibility index (Phi) is 9.90. The molecule has 0 unspecified atom stereocenters. The minimum Gasteiger partial charge on any atom is -0.466 e. The lowest BCUT2D eigenvalue weighted by molar-refractivity contribution is -0.384. The highest BCUT2D eigenvalue weighted by Crippen LogP contribution is 2.12. The van der Waals surface area contributed by atoms with E-state index in [9.17, 15) is 14.9 Å². The van der Waals surface area contributed by atoms with Crippen molar-refractivity contribution in [3.63, 3.8) is 0 Å². The number of ether oxygens (including phenoxy) is 2. The number of nitro benzene ring substituents is 1. The number of carbonyl (C=O) groups excluding carboxylic acids is 1. The van der Waals surface area contributed by atoms with Crippen LogP contribution < -0.4 is 0 Å². The van der Waals surface area contributed by atoms with Gasteiger partial charge in [-0.1, -0.05) is 17.9 Å². The van der Waals surface area contributed by atoms with Crippen LogP contribution in [-0.2, 0) is 14.3 Å². The lowest BCUT2D eigenvalue weighted by atomic mass is 10.2. The van der Waals surface area contributed by atoms with Gasteiger partial charge in [0.2, 0.25) is 0 Å². The van der Waals surface area contributed by atoms with E-state index in [0.717, 1.165) is 25.7 Å². The second-order valence-corrected chi connectivity index (χ2v) is 5.23. The molecule has 0 fully saturated rings. The van der Waals surface area contributed by atoms with Gasteiger partial charge in [0.25, 0.3) is 5.69 Å². The average Bonchev–Trinajstić information content (AvgIpc) is 2.55. The Morgan fingerprint density at radius 3 is 2.67 bits per heavy atom. The Balaban J connectivity index is 2.04. The molecule has 0 radical (unpaired) electrons. The standard InChI is InChI=1S/C18H23NO5/c1-16(20)24-14-7-3-6-13-23-12-5-2-4-9-17-10-8-11-18(15-17)19(21)22/h8,10-11,15H,2-3,5-7,12-14H2,1H3. The van der Waals surface area contributed by atoms with Gasteiger partial charge in [-0.2, -0.15) is 0 Å². The van der Waals surface area contributed by atoms with Crippen molar-refractivity contribution >= 4 is 11.7 Å². The van der Waals surface area contributed by atoms with Crippen LogP contribution in [0.25, 0.3) is 0 Å². The summed E-state index contributed by atoms with van der Waals surface area (Å²) in [5.41, 5.74) is 0.705. The maximum Gasteiger partial charge on any atom is 0.302 e. The van der Waals surface area contributed by atoms with Gasteiger partial charge in [0.1, 0.15) is 0 Å². The van der Waals surface area contributed by atoms with E-state index < -0.39 is 4.92 Å². The topological polar surface area (TPSA) is 78.7 Å². The first-order valence-electron chi connectivity index (χ1n) is 8.04. The van der Waals surface area contributed by atoms with Crippen molar-refractivity contribution in [2.75, 3.05) is 19.8 Å². The van der Waals surface area contributed by atoms with E-state index in [1.54, 1.807) is 12.1 Å². The van der Waals surface area contributed by atoms with Gasteiger partial charge < -0.3 is 9.47 Å². The molecule has 24 heavy (non-hydrogen) atoms. The molecular formula is C18H23NO5. The number of non-ortho nitro benzene ring substituents is 1. The first-order valence-corrected chi connectivity index (χ1v) is 8.04. The maximum atomic E-state index is 10.7. The molecule has 0 aliphatic carbocycles. The molecule has 6 heteroatoms. The van der Waals surface area contributed by atoms with Gasteiger partial charge in [0.05, 0.1) is 11.5 Å². The summed E-state index contributed by atoms with van der Waals surface area (Å²) in [6, 6.07) is 6.31. The molecule has 0 aliphatic heterocycles. The van der Waals surface area contributed by atoms with Crippen molar-refractivity contribution in [3.05, 3.63) is 39.9 Å². The monoisotopic (exact) mass is 333 g/mol. The van der Waals surface area contributed by atoms with Crippen molar-refractivity contribution in [1.29, 1.82) is 0 Å². The summed E-state index contributed by atoms with van der Waals surface area (Å²) in [6.45, 7) is 3.22. The summed E-state index contributed by atoms with van der Waals surface area (Å²) in [5, 5.41) is 10.7. The minimum absolute atomic E-state index is 0.0545. The predicted octanol–water partition coefficient (Wildman–Crippen LogP) is 3.48. The van der Waals surface area contributed by atoms with Crippen LogP contribution >= 0.6 is 0 Å². The highest BCUT2D eigenvalue weighted by Gasteiger charge is 2.03. The fourth-order valence-corrected chi connectivity index (χ4v) is 1.93. The number of hydrogen-bond acceptors (Lipinski definition) is 5. The van der Waals surface area contributed by atoms with E-state index >= 15 is 0 Å². The highest BCUT2D eigenvalue weighted by molar-refractivity contribution is 5.65. The van der Waals surface area contributed by atoms with E-state index in [0.29, 0.717) is 31.8 Å². The molecule has 0 atom stereocenters. The summed E-state index contributed by atoms with van der Waals surface area (Å²) in [6.07, 6.45) is 4.29. The van der Waals surface area contributed by atoms with Crippen molar-refractivity contribution < 1.29 is 19.2 Å². The van der Waals surface area contributed by atoms with Crippen LogP contribution in [0.3, 0.4) is 0 Å². The Bertz CT molecular complexity index is 589. The molecule has 1 aromatic carbocycles. The lowest BCUT2D eigenvalue weighted by Gasteiger charge is -2.03. The maximum absolute atomic E-state index is 10.7. The molecule has 0 heterocycles. The Morgan fingerprint density at radius 1 is 1.17 bits per heavy atom. The number of benzene rings is 1. The third-order valence-corrected chi connectivity index (χ3v) is 3.12. The van der Waals surface area contributed by atoms with Gasteiger partial charge in [0, 0.05) is 44.3 Å². The third-order valence-electron chi connectivity index (χ3n) is 3.12. The zero-order valence-electron chi connectivity index (χ0n) is 14.0. The van der Waals surface area contributed by atoms with Crippen LogP contribution in [0.5, 0.6) is 0 Å². The summed E-state index contributed by atoms with van der Waals surface area (Å²) in [4.78, 5) is 20.8. The molecule has 0 saturated heterocycles. The Hall–Kier alpha value is -2.39. The van der Waals surface area contributed by atoms with Crippen molar-refractivity contribution in [1.82, 2.24) is 0 Å². The van der Waals surface area contributed by atoms with Gasteiger partial charge in [-0.15, -0.1) is 0 Å². The number of esters is 1. The van der Waals surface area contributed by atoms with Gasteiger partial charge in [0.15, 0.2) is 0 Å². The Morgan fingerprint density at radius 2 is 1.92 bits per heavy atom. The Labute approximate surface area is 142 Å². The van der Waals surface area contributed by atoms with E-state index in [4.69, 9.17) is 9.47 Å². The van der Waals surface area contributed by atoms with Gasteiger partial charge in [-0.3, -0.25) is 14.9 Å². The molecule has 1 aromatic rings. The van der Waals surface area contributed by atoms with Gasteiger partial charge in [-0.05, 0) is 31.7 Å². The third kappa shape index (κ3) is 9.59. The van der Waals surface area contributed by atoms with Crippen LogP contribution in [-0.4, -0.2) is 30.7 Å². The van der Waals surface area contributed by atoms with Crippen molar-refractivity contribution in [3.8, 4) is 11.8 Å². The van der Waals surface area contributed by atoms with E-state index in [-0.39, 0.29) is 11.7 Å².